The van der Waals surface area contributed by atoms with E-state index in [1.807, 2.05) is 24.3 Å². The number of anilines is 1. The van der Waals surface area contributed by atoms with Gasteiger partial charge in [-0.2, -0.15) is 0 Å². The highest BCUT2D eigenvalue weighted by molar-refractivity contribution is 6.39. The molecule has 7 nitrogen and oxygen atoms in total. The van der Waals surface area contributed by atoms with Crippen molar-refractivity contribution in [2.24, 2.45) is 0 Å². The van der Waals surface area contributed by atoms with Gasteiger partial charge in [-0.15, -0.1) is 0 Å². The lowest BCUT2D eigenvalue weighted by atomic mass is 10.1. The highest BCUT2D eigenvalue weighted by Gasteiger charge is 2.14. The number of nitrogens with one attached hydrogen (secondary N) is 2. The number of hydrogen-bond donors (Lipinski definition) is 2. The summed E-state index contributed by atoms with van der Waals surface area (Å²) in [5.41, 5.74) is 1.78. The summed E-state index contributed by atoms with van der Waals surface area (Å²) < 4.78 is 10.0. The molecule has 0 saturated heterocycles. The Hall–Kier alpha value is -3.35. The SMILES string of the molecule is CCOC(=O)c1ccc(NC(=O)C(=O)NCCc2cccc(OC)c2)cc1. The van der Waals surface area contributed by atoms with Crippen LogP contribution >= 0.6 is 0 Å². The summed E-state index contributed by atoms with van der Waals surface area (Å²) in [6, 6.07) is 13.6. The van der Waals surface area contributed by atoms with E-state index in [0.717, 1.165) is 11.3 Å². The third-order valence-corrected chi connectivity index (χ3v) is 3.69. The monoisotopic (exact) mass is 370 g/mol. The fourth-order valence-corrected chi connectivity index (χ4v) is 2.32. The molecule has 142 valence electrons. The van der Waals surface area contributed by atoms with Gasteiger partial charge in [-0.3, -0.25) is 9.59 Å². The Labute approximate surface area is 157 Å². The van der Waals surface area contributed by atoms with Gasteiger partial charge < -0.3 is 20.1 Å². The van der Waals surface area contributed by atoms with Crippen molar-refractivity contribution in [2.45, 2.75) is 13.3 Å². The van der Waals surface area contributed by atoms with E-state index in [9.17, 15) is 14.4 Å². The fraction of sp³-hybridized carbons (Fsp3) is 0.250. The Kier molecular flexibility index (Phi) is 7.37. The van der Waals surface area contributed by atoms with Crippen LogP contribution in [0.5, 0.6) is 5.75 Å². The van der Waals surface area contributed by atoms with Gasteiger partial charge >= 0.3 is 17.8 Å². The van der Waals surface area contributed by atoms with Crippen molar-refractivity contribution in [2.75, 3.05) is 25.6 Å². The minimum atomic E-state index is -0.774. The van der Waals surface area contributed by atoms with E-state index >= 15 is 0 Å². The molecule has 2 aromatic carbocycles. The summed E-state index contributed by atoms with van der Waals surface area (Å²) in [5.74, 6) is -1.20. The van der Waals surface area contributed by atoms with Crippen LogP contribution in [0.25, 0.3) is 0 Å². The molecular weight excluding hydrogens is 348 g/mol. The quantitative estimate of drug-likeness (QED) is 0.575. The zero-order chi connectivity index (χ0) is 19.6. The molecule has 0 radical (unpaired) electrons. The summed E-state index contributed by atoms with van der Waals surface area (Å²) in [6.45, 7) is 2.33. The summed E-state index contributed by atoms with van der Waals surface area (Å²) in [7, 11) is 1.59. The number of esters is 1. The number of benzene rings is 2. The second-order valence-electron chi connectivity index (χ2n) is 5.61. The fourth-order valence-electron chi connectivity index (χ4n) is 2.32. The molecule has 0 unspecified atom stereocenters. The largest absolute Gasteiger partial charge is 0.497 e. The van der Waals surface area contributed by atoms with Crippen LogP contribution in [0.3, 0.4) is 0 Å². The van der Waals surface area contributed by atoms with Gasteiger partial charge in [0.15, 0.2) is 0 Å². The number of amides is 2. The molecule has 0 saturated carbocycles. The van der Waals surface area contributed by atoms with Crippen LogP contribution in [0.15, 0.2) is 48.5 Å². The second kappa shape index (κ2) is 9.96. The van der Waals surface area contributed by atoms with E-state index in [0.29, 0.717) is 24.2 Å². The number of rotatable bonds is 7. The molecule has 0 atom stereocenters. The molecule has 0 aliphatic heterocycles. The Balaban J connectivity index is 1.81. The van der Waals surface area contributed by atoms with Gasteiger partial charge in [0, 0.05) is 12.2 Å². The van der Waals surface area contributed by atoms with Crippen LogP contribution in [0.1, 0.15) is 22.8 Å². The van der Waals surface area contributed by atoms with Gasteiger partial charge in [0.1, 0.15) is 5.75 Å². The van der Waals surface area contributed by atoms with Crippen molar-refractivity contribution in [1.82, 2.24) is 5.32 Å². The first-order valence-electron chi connectivity index (χ1n) is 8.52. The van der Waals surface area contributed by atoms with Gasteiger partial charge in [-0.1, -0.05) is 12.1 Å². The van der Waals surface area contributed by atoms with Crippen LogP contribution in [0, 0.1) is 0 Å². The van der Waals surface area contributed by atoms with Gasteiger partial charge in [0.25, 0.3) is 0 Å². The van der Waals surface area contributed by atoms with Crippen molar-refractivity contribution < 1.29 is 23.9 Å². The standard InChI is InChI=1S/C20H22N2O5/c1-3-27-20(25)15-7-9-16(10-8-15)22-19(24)18(23)21-12-11-14-5-4-6-17(13-14)26-2/h4-10,13H,3,11-12H2,1-2H3,(H,21,23)(H,22,24). The molecule has 0 fully saturated rings. The predicted octanol–water partition coefficient (Wildman–Crippen LogP) is 2.17. The minimum absolute atomic E-state index is 0.285. The van der Waals surface area contributed by atoms with Crippen LogP contribution in [-0.4, -0.2) is 38.0 Å². The Morgan fingerprint density at radius 2 is 1.74 bits per heavy atom. The zero-order valence-electron chi connectivity index (χ0n) is 15.3. The molecule has 7 heteroatoms. The molecule has 0 aliphatic rings. The maximum Gasteiger partial charge on any atom is 0.338 e. The van der Waals surface area contributed by atoms with Crippen molar-refractivity contribution in [3.8, 4) is 5.75 Å². The molecule has 0 aromatic heterocycles. The van der Waals surface area contributed by atoms with E-state index in [2.05, 4.69) is 10.6 Å². The molecule has 2 aromatic rings. The van der Waals surface area contributed by atoms with Crippen molar-refractivity contribution in [1.29, 1.82) is 0 Å². The van der Waals surface area contributed by atoms with Crippen LogP contribution < -0.4 is 15.4 Å². The Bertz CT molecular complexity index is 802. The minimum Gasteiger partial charge on any atom is -0.497 e. The molecule has 2 rings (SSSR count). The van der Waals surface area contributed by atoms with Gasteiger partial charge in [-0.05, 0) is 55.3 Å². The maximum absolute atomic E-state index is 11.9. The van der Waals surface area contributed by atoms with Crippen molar-refractivity contribution in [3.63, 3.8) is 0 Å². The molecule has 2 amide bonds. The summed E-state index contributed by atoms with van der Waals surface area (Å²) in [5, 5.41) is 5.05. The number of carbonyl (C=O) groups is 3. The van der Waals surface area contributed by atoms with Gasteiger partial charge in [0.2, 0.25) is 0 Å². The lowest BCUT2D eigenvalue weighted by Crippen LogP contribution is -2.36. The van der Waals surface area contributed by atoms with E-state index in [1.54, 1.807) is 14.0 Å². The summed E-state index contributed by atoms with van der Waals surface area (Å²) in [4.78, 5) is 35.4. The lowest BCUT2D eigenvalue weighted by Gasteiger charge is -2.08. The average molecular weight is 370 g/mol. The van der Waals surface area contributed by atoms with E-state index in [1.165, 1.54) is 24.3 Å². The van der Waals surface area contributed by atoms with E-state index < -0.39 is 17.8 Å². The van der Waals surface area contributed by atoms with Crippen molar-refractivity contribution in [3.05, 3.63) is 59.7 Å². The molecule has 0 spiro atoms. The molecule has 2 N–H and O–H groups in total. The van der Waals surface area contributed by atoms with Crippen LogP contribution in [0.2, 0.25) is 0 Å². The third kappa shape index (κ3) is 6.14. The van der Waals surface area contributed by atoms with Crippen molar-refractivity contribution >= 4 is 23.5 Å². The first-order chi connectivity index (χ1) is 13.0. The molecule has 0 heterocycles. The van der Waals surface area contributed by atoms with Gasteiger partial charge in [-0.25, -0.2) is 4.79 Å². The zero-order valence-corrected chi connectivity index (χ0v) is 15.3. The van der Waals surface area contributed by atoms with Gasteiger partial charge in [0.05, 0.1) is 19.3 Å². The summed E-state index contributed by atoms with van der Waals surface area (Å²) in [6.07, 6.45) is 0.574. The average Bonchev–Trinajstić information content (AvgIpc) is 2.68. The second-order valence-corrected chi connectivity index (χ2v) is 5.61. The predicted molar refractivity (Wildman–Crippen MR) is 101 cm³/mol. The lowest BCUT2D eigenvalue weighted by molar-refractivity contribution is -0.136. The number of ether oxygens (including phenoxy) is 2. The van der Waals surface area contributed by atoms with E-state index in [-0.39, 0.29) is 6.61 Å². The maximum atomic E-state index is 11.9. The van der Waals surface area contributed by atoms with Crippen LogP contribution in [0.4, 0.5) is 5.69 Å². The summed E-state index contributed by atoms with van der Waals surface area (Å²) >= 11 is 0. The topological polar surface area (TPSA) is 93.7 Å². The highest BCUT2D eigenvalue weighted by atomic mass is 16.5. The first kappa shape index (κ1) is 20.0. The highest BCUT2D eigenvalue weighted by Crippen LogP contribution is 2.13. The number of carbonyl (C=O) groups excluding carboxylic acids is 3. The number of methoxy groups -OCH3 is 1. The molecular formula is C20H22N2O5. The first-order valence-corrected chi connectivity index (χ1v) is 8.52. The van der Waals surface area contributed by atoms with E-state index in [4.69, 9.17) is 9.47 Å². The Morgan fingerprint density at radius 3 is 2.41 bits per heavy atom. The van der Waals surface area contributed by atoms with Crippen LogP contribution in [-0.2, 0) is 20.7 Å². The normalized spacial score (nSPS) is 10.0. The number of hydrogen-bond acceptors (Lipinski definition) is 5. The smallest absolute Gasteiger partial charge is 0.338 e. The Morgan fingerprint density at radius 1 is 1.00 bits per heavy atom. The molecule has 27 heavy (non-hydrogen) atoms. The molecule has 0 aliphatic carbocycles. The molecule has 0 bridgehead atoms. The third-order valence-electron chi connectivity index (χ3n) is 3.69.